The number of carbonyl (C=O) groups excluding carboxylic acids is 2. The fourth-order valence-electron chi connectivity index (χ4n) is 2.36. The number of ether oxygens (including phenoxy) is 2. The van der Waals surface area contributed by atoms with E-state index in [1.165, 1.54) is 4.90 Å². The first kappa shape index (κ1) is 21.7. The van der Waals surface area contributed by atoms with E-state index in [1.54, 1.807) is 49.8 Å². The van der Waals surface area contributed by atoms with Crippen LogP contribution in [0.5, 0.6) is 11.5 Å². The van der Waals surface area contributed by atoms with Crippen molar-refractivity contribution in [3.8, 4) is 11.5 Å². The zero-order chi connectivity index (χ0) is 17.1. The van der Waals surface area contributed by atoms with Crippen LogP contribution < -0.4 is 20.1 Å². The summed E-state index contributed by atoms with van der Waals surface area (Å²) in [6.45, 7) is 0.0116. The molecular formula is C17H19Cl2N3O4. The number of amides is 1. The Morgan fingerprint density at radius 1 is 1.31 bits per heavy atom. The third-order valence-corrected chi connectivity index (χ3v) is 3.73. The molecule has 1 aliphatic rings. The number of hydrogen-bond donors (Lipinski definition) is 1. The normalized spacial score (nSPS) is 15.5. The molecule has 3 rings (SSSR count). The Hall–Kier alpha value is -2.35. The van der Waals surface area contributed by atoms with Gasteiger partial charge in [0.25, 0.3) is 0 Å². The molecule has 0 saturated carbocycles. The van der Waals surface area contributed by atoms with Gasteiger partial charge in [0.1, 0.15) is 24.1 Å². The number of likely N-dealkylation sites (N-methyl/N-ethyl adjacent to an activating group) is 1. The van der Waals surface area contributed by atoms with Crippen LogP contribution in [-0.4, -0.2) is 43.0 Å². The second kappa shape index (κ2) is 9.38. The van der Waals surface area contributed by atoms with Crippen molar-refractivity contribution in [2.75, 3.05) is 25.2 Å². The molecule has 0 aliphatic carbocycles. The first-order valence-electron chi connectivity index (χ1n) is 7.42. The highest BCUT2D eigenvalue weighted by Gasteiger charge is 2.26. The fraction of sp³-hybridized carbons (Fsp3) is 0.235. The van der Waals surface area contributed by atoms with Gasteiger partial charge in [-0.25, -0.2) is 0 Å². The number of aromatic nitrogens is 1. The van der Waals surface area contributed by atoms with Crippen molar-refractivity contribution in [3.05, 3.63) is 48.3 Å². The van der Waals surface area contributed by atoms with Crippen LogP contribution in [0.15, 0.2) is 42.7 Å². The van der Waals surface area contributed by atoms with Crippen molar-refractivity contribution in [3.63, 3.8) is 0 Å². The van der Waals surface area contributed by atoms with Gasteiger partial charge in [0.15, 0.2) is 12.4 Å². The van der Waals surface area contributed by atoms with Crippen molar-refractivity contribution >= 4 is 42.2 Å². The minimum absolute atomic E-state index is 0. The molecule has 1 aromatic heterocycles. The number of carbonyl (C=O) groups is 2. The Bertz CT molecular complexity index is 774. The SMILES string of the molecule is CN1C(=O)[C@@H](N)COc2ccc(OCC(=O)c3ccncc3)cc21.Cl.Cl. The van der Waals surface area contributed by atoms with E-state index in [4.69, 9.17) is 15.2 Å². The van der Waals surface area contributed by atoms with E-state index in [-0.39, 0.29) is 49.7 Å². The standard InChI is InChI=1S/C17H17N3O4.2ClH/c1-20-14-8-12(2-3-16(14)24-9-13(18)17(20)22)23-10-15(21)11-4-6-19-7-5-11;;/h2-8,13H,9-10,18H2,1H3;2*1H/t13-;;/m0../s1. The zero-order valence-corrected chi connectivity index (χ0v) is 15.6. The molecule has 0 fully saturated rings. The van der Waals surface area contributed by atoms with Gasteiger partial charge in [0.05, 0.1) is 5.69 Å². The monoisotopic (exact) mass is 399 g/mol. The van der Waals surface area contributed by atoms with Gasteiger partial charge in [-0.1, -0.05) is 0 Å². The van der Waals surface area contributed by atoms with Crippen LogP contribution in [0.1, 0.15) is 10.4 Å². The van der Waals surface area contributed by atoms with E-state index >= 15 is 0 Å². The predicted molar refractivity (Wildman–Crippen MR) is 102 cm³/mol. The van der Waals surface area contributed by atoms with Gasteiger partial charge < -0.3 is 20.1 Å². The first-order chi connectivity index (χ1) is 11.6. The number of ketones is 1. The number of rotatable bonds is 4. The van der Waals surface area contributed by atoms with Crippen LogP contribution in [-0.2, 0) is 4.79 Å². The molecule has 9 heteroatoms. The van der Waals surface area contributed by atoms with Crippen LogP contribution in [0.2, 0.25) is 0 Å². The summed E-state index contributed by atoms with van der Waals surface area (Å²) >= 11 is 0. The summed E-state index contributed by atoms with van der Waals surface area (Å²) in [7, 11) is 1.63. The van der Waals surface area contributed by atoms with Crippen molar-refractivity contribution < 1.29 is 19.1 Å². The second-order valence-corrected chi connectivity index (χ2v) is 5.39. The quantitative estimate of drug-likeness (QED) is 0.788. The Morgan fingerprint density at radius 2 is 2.00 bits per heavy atom. The molecule has 0 saturated heterocycles. The number of benzene rings is 1. The minimum atomic E-state index is -0.708. The van der Waals surface area contributed by atoms with Crippen molar-refractivity contribution in [2.24, 2.45) is 5.73 Å². The van der Waals surface area contributed by atoms with Crippen molar-refractivity contribution in [1.82, 2.24) is 4.98 Å². The van der Waals surface area contributed by atoms with Gasteiger partial charge in [0.2, 0.25) is 5.91 Å². The smallest absolute Gasteiger partial charge is 0.247 e. The molecule has 140 valence electrons. The third kappa shape index (κ3) is 4.63. The van der Waals surface area contributed by atoms with Crippen molar-refractivity contribution in [1.29, 1.82) is 0 Å². The van der Waals surface area contributed by atoms with Gasteiger partial charge in [-0.2, -0.15) is 0 Å². The van der Waals surface area contributed by atoms with Crippen LogP contribution in [0.4, 0.5) is 5.69 Å². The number of nitrogens with two attached hydrogens (primary N) is 1. The molecule has 0 radical (unpaired) electrons. The second-order valence-electron chi connectivity index (χ2n) is 5.39. The highest BCUT2D eigenvalue weighted by Crippen LogP contribution is 2.34. The Labute approximate surface area is 163 Å². The fourth-order valence-corrected chi connectivity index (χ4v) is 2.36. The minimum Gasteiger partial charge on any atom is -0.489 e. The molecule has 0 unspecified atom stereocenters. The summed E-state index contributed by atoms with van der Waals surface area (Å²) in [5.74, 6) is 0.621. The van der Waals surface area contributed by atoms with Crippen LogP contribution >= 0.6 is 24.8 Å². The number of anilines is 1. The van der Waals surface area contributed by atoms with Crippen molar-refractivity contribution in [2.45, 2.75) is 6.04 Å². The Balaban J connectivity index is 0.00000169. The highest BCUT2D eigenvalue weighted by molar-refractivity contribution is 5.99. The average Bonchev–Trinajstić information content (AvgIpc) is 2.73. The van der Waals surface area contributed by atoms with Crippen LogP contribution in [0.25, 0.3) is 0 Å². The van der Waals surface area contributed by atoms with Gasteiger partial charge in [0, 0.05) is 31.1 Å². The lowest BCUT2D eigenvalue weighted by atomic mass is 10.2. The van der Waals surface area contributed by atoms with Gasteiger partial charge in [-0.05, 0) is 24.3 Å². The molecule has 0 spiro atoms. The van der Waals surface area contributed by atoms with Gasteiger partial charge in [-0.15, -0.1) is 24.8 Å². The molecular weight excluding hydrogens is 381 g/mol. The summed E-state index contributed by atoms with van der Waals surface area (Å²) in [5.41, 5.74) is 6.84. The molecule has 1 atom stereocenters. The molecule has 0 bridgehead atoms. The van der Waals surface area contributed by atoms with E-state index in [0.717, 1.165) is 0 Å². The van der Waals surface area contributed by atoms with E-state index in [2.05, 4.69) is 4.98 Å². The molecule has 1 aromatic carbocycles. The maximum Gasteiger partial charge on any atom is 0.247 e. The molecule has 2 N–H and O–H groups in total. The number of fused-ring (bicyclic) bond motifs is 1. The first-order valence-corrected chi connectivity index (χ1v) is 7.42. The van der Waals surface area contributed by atoms with E-state index in [0.29, 0.717) is 22.7 Å². The van der Waals surface area contributed by atoms with Gasteiger partial charge in [-0.3, -0.25) is 14.6 Å². The lowest BCUT2D eigenvalue weighted by Gasteiger charge is -2.18. The average molecular weight is 400 g/mol. The van der Waals surface area contributed by atoms with Crippen LogP contribution in [0, 0.1) is 0 Å². The summed E-state index contributed by atoms with van der Waals surface area (Å²) in [5, 5.41) is 0. The lowest BCUT2D eigenvalue weighted by Crippen LogP contribution is -2.43. The number of pyridine rings is 1. The Morgan fingerprint density at radius 3 is 2.69 bits per heavy atom. The summed E-state index contributed by atoms with van der Waals surface area (Å²) in [4.78, 5) is 29.5. The molecule has 1 amide bonds. The number of hydrogen-bond acceptors (Lipinski definition) is 6. The maximum atomic E-state index is 12.1. The Kier molecular flexibility index (Phi) is 7.82. The van der Waals surface area contributed by atoms with Gasteiger partial charge >= 0.3 is 0 Å². The summed E-state index contributed by atoms with van der Waals surface area (Å²) < 4.78 is 11.1. The van der Waals surface area contributed by atoms with E-state index < -0.39 is 6.04 Å². The molecule has 1 aliphatic heterocycles. The van der Waals surface area contributed by atoms with Crippen LogP contribution in [0.3, 0.4) is 0 Å². The predicted octanol–water partition coefficient (Wildman–Crippen LogP) is 1.87. The third-order valence-electron chi connectivity index (χ3n) is 3.73. The summed E-state index contributed by atoms with van der Waals surface area (Å²) in [6, 6.07) is 7.59. The number of Topliss-reactive ketones (excluding diaryl/α,β-unsaturated/α-hetero) is 1. The maximum absolute atomic E-state index is 12.1. The molecule has 2 heterocycles. The largest absolute Gasteiger partial charge is 0.489 e. The van der Waals surface area contributed by atoms with E-state index in [1.807, 2.05) is 0 Å². The van der Waals surface area contributed by atoms with E-state index in [9.17, 15) is 9.59 Å². The highest BCUT2D eigenvalue weighted by atomic mass is 35.5. The molecule has 26 heavy (non-hydrogen) atoms. The number of halogens is 2. The number of nitrogens with zero attached hydrogens (tertiary/aromatic N) is 2. The molecule has 7 nitrogen and oxygen atoms in total. The zero-order valence-electron chi connectivity index (χ0n) is 14.0. The summed E-state index contributed by atoms with van der Waals surface area (Å²) in [6.07, 6.45) is 3.10. The topological polar surface area (TPSA) is 94.8 Å². The molecule has 2 aromatic rings. The lowest BCUT2D eigenvalue weighted by molar-refractivity contribution is -0.119.